The standard InChI is InChI=1S/C16H13N3O4S/c1-2-22-15(21)14(20)18-16-17-12(9-24-16)11-8-13(23-19-11)10-6-4-3-5-7-10/h3-9H,2H2,1H3,(H,17,18,20). The van der Waals surface area contributed by atoms with Crippen LogP contribution in [0.1, 0.15) is 6.92 Å². The van der Waals surface area contributed by atoms with E-state index in [9.17, 15) is 9.59 Å². The average molecular weight is 343 g/mol. The van der Waals surface area contributed by atoms with Gasteiger partial charge in [0.25, 0.3) is 0 Å². The lowest BCUT2D eigenvalue weighted by Crippen LogP contribution is -2.24. The SMILES string of the molecule is CCOC(=O)C(=O)Nc1nc(-c2cc(-c3ccccc3)on2)cs1. The van der Waals surface area contributed by atoms with Gasteiger partial charge in [0.2, 0.25) is 0 Å². The minimum Gasteiger partial charge on any atom is -0.459 e. The summed E-state index contributed by atoms with van der Waals surface area (Å²) >= 11 is 1.18. The van der Waals surface area contributed by atoms with Gasteiger partial charge in [0, 0.05) is 17.0 Å². The smallest absolute Gasteiger partial charge is 0.397 e. The third-order valence-electron chi connectivity index (χ3n) is 3.02. The zero-order valence-corrected chi connectivity index (χ0v) is 13.5. The number of aromatic nitrogens is 2. The van der Waals surface area contributed by atoms with Crippen LogP contribution in [0.5, 0.6) is 0 Å². The molecule has 0 radical (unpaired) electrons. The van der Waals surface area contributed by atoms with Crippen LogP contribution < -0.4 is 5.32 Å². The van der Waals surface area contributed by atoms with Crippen LogP contribution in [-0.4, -0.2) is 28.6 Å². The number of nitrogens with zero attached hydrogens (tertiary/aromatic N) is 2. The molecular weight excluding hydrogens is 330 g/mol. The molecule has 0 fully saturated rings. The fourth-order valence-electron chi connectivity index (χ4n) is 1.93. The molecule has 1 amide bonds. The lowest BCUT2D eigenvalue weighted by molar-refractivity contribution is -0.152. The van der Waals surface area contributed by atoms with Crippen molar-refractivity contribution in [1.82, 2.24) is 10.1 Å². The van der Waals surface area contributed by atoms with E-state index in [2.05, 4.69) is 20.2 Å². The van der Waals surface area contributed by atoms with Gasteiger partial charge in [-0.15, -0.1) is 11.3 Å². The molecule has 2 heterocycles. The van der Waals surface area contributed by atoms with Crippen molar-refractivity contribution < 1.29 is 18.8 Å². The van der Waals surface area contributed by atoms with Gasteiger partial charge in [-0.2, -0.15) is 0 Å². The summed E-state index contributed by atoms with van der Waals surface area (Å²) in [7, 11) is 0. The van der Waals surface area contributed by atoms with Gasteiger partial charge in [-0.3, -0.25) is 10.1 Å². The van der Waals surface area contributed by atoms with Gasteiger partial charge in [0.1, 0.15) is 11.4 Å². The zero-order chi connectivity index (χ0) is 16.9. The second kappa shape index (κ2) is 7.05. The summed E-state index contributed by atoms with van der Waals surface area (Å²) in [4.78, 5) is 27.1. The van der Waals surface area contributed by atoms with Crippen LogP contribution in [0.3, 0.4) is 0 Å². The van der Waals surface area contributed by atoms with Gasteiger partial charge in [-0.05, 0) is 6.92 Å². The van der Waals surface area contributed by atoms with Crippen LogP contribution in [0.15, 0.2) is 46.3 Å². The quantitative estimate of drug-likeness (QED) is 0.578. The summed E-state index contributed by atoms with van der Waals surface area (Å²) in [5, 5.41) is 8.38. The molecule has 24 heavy (non-hydrogen) atoms. The molecule has 0 unspecified atom stereocenters. The van der Waals surface area contributed by atoms with Crippen LogP contribution in [-0.2, 0) is 14.3 Å². The topological polar surface area (TPSA) is 94.3 Å². The lowest BCUT2D eigenvalue weighted by Gasteiger charge is -2.00. The molecule has 2 aromatic heterocycles. The number of ether oxygens (including phenoxy) is 1. The first-order chi connectivity index (χ1) is 11.7. The van der Waals surface area contributed by atoms with E-state index < -0.39 is 11.9 Å². The average Bonchev–Trinajstić information content (AvgIpc) is 3.25. The van der Waals surface area contributed by atoms with Crippen molar-refractivity contribution in [2.24, 2.45) is 0 Å². The maximum Gasteiger partial charge on any atom is 0.397 e. The number of carbonyl (C=O) groups excluding carboxylic acids is 2. The Labute approximate surface area is 141 Å². The Morgan fingerprint density at radius 2 is 2.04 bits per heavy atom. The van der Waals surface area contributed by atoms with E-state index in [1.165, 1.54) is 11.3 Å². The molecule has 8 heteroatoms. The number of carbonyl (C=O) groups is 2. The molecule has 0 aliphatic carbocycles. The molecule has 0 bridgehead atoms. The van der Waals surface area contributed by atoms with Crippen molar-refractivity contribution in [3.05, 3.63) is 41.8 Å². The van der Waals surface area contributed by atoms with Gasteiger partial charge >= 0.3 is 11.9 Å². The fourth-order valence-corrected chi connectivity index (χ4v) is 2.63. The van der Waals surface area contributed by atoms with Gasteiger partial charge in [-0.1, -0.05) is 35.5 Å². The van der Waals surface area contributed by atoms with Crippen molar-refractivity contribution in [1.29, 1.82) is 0 Å². The molecule has 3 rings (SSSR count). The van der Waals surface area contributed by atoms with Crippen LogP contribution >= 0.6 is 11.3 Å². The first-order valence-corrected chi connectivity index (χ1v) is 8.01. The summed E-state index contributed by atoms with van der Waals surface area (Å²) < 4.78 is 9.94. The van der Waals surface area contributed by atoms with Crippen molar-refractivity contribution in [3.63, 3.8) is 0 Å². The molecular formula is C16H13N3O4S. The predicted octanol–water partition coefficient (Wildman–Crippen LogP) is 2.97. The largest absolute Gasteiger partial charge is 0.459 e. The van der Waals surface area contributed by atoms with Gasteiger partial charge < -0.3 is 9.26 Å². The van der Waals surface area contributed by atoms with E-state index in [0.29, 0.717) is 17.1 Å². The zero-order valence-electron chi connectivity index (χ0n) is 12.7. The summed E-state index contributed by atoms with van der Waals surface area (Å²) in [6, 6.07) is 11.3. The number of rotatable bonds is 4. The Morgan fingerprint density at radius 3 is 2.79 bits per heavy atom. The number of esters is 1. The molecule has 1 N–H and O–H groups in total. The first-order valence-electron chi connectivity index (χ1n) is 7.13. The van der Waals surface area contributed by atoms with Gasteiger partial charge in [0.05, 0.1) is 6.61 Å². The molecule has 0 spiro atoms. The van der Waals surface area contributed by atoms with E-state index in [4.69, 9.17) is 4.52 Å². The summed E-state index contributed by atoms with van der Waals surface area (Å²) in [6.45, 7) is 1.76. The minimum atomic E-state index is -0.943. The molecule has 0 saturated heterocycles. The number of hydrogen-bond donors (Lipinski definition) is 1. The highest BCUT2D eigenvalue weighted by Crippen LogP contribution is 2.28. The Hall–Kier alpha value is -3.00. The highest BCUT2D eigenvalue weighted by atomic mass is 32.1. The summed E-state index contributed by atoms with van der Waals surface area (Å²) in [6.07, 6.45) is 0. The van der Waals surface area contributed by atoms with Crippen molar-refractivity contribution in [2.45, 2.75) is 6.92 Å². The fraction of sp³-hybridized carbons (Fsp3) is 0.125. The molecule has 0 aliphatic heterocycles. The predicted molar refractivity (Wildman–Crippen MR) is 88.3 cm³/mol. The highest BCUT2D eigenvalue weighted by Gasteiger charge is 2.17. The Kier molecular flexibility index (Phi) is 4.66. The number of thiazole rings is 1. The van der Waals surface area contributed by atoms with E-state index in [-0.39, 0.29) is 11.7 Å². The lowest BCUT2D eigenvalue weighted by atomic mass is 10.1. The Morgan fingerprint density at radius 1 is 1.25 bits per heavy atom. The maximum atomic E-state index is 11.6. The molecule has 122 valence electrons. The molecule has 1 aromatic carbocycles. The van der Waals surface area contributed by atoms with Crippen LogP contribution in [0.4, 0.5) is 5.13 Å². The highest BCUT2D eigenvalue weighted by molar-refractivity contribution is 7.14. The monoisotopic (exact) mass is 343 g/mol. The van der Waals surface area contributed by atoms with E-state index in [1.807, 2.05) is 30.3 Å². The summed E-state index contributed by atoms with van der Waals surface area (Å²) in [5.41, 5.74) is 1.99. The Bertz CT molecular complexity index is 857. The second-order valence-electron chi connectivity index (χ2n) is 4.65. The van der Waals surface area contributed by atoms with E-state index in [0.717, 1.165) is 5.56 Å². The Balaban J connectivity index is 1.73. The number of anilines is 1. The number of hydrogen-bond acceptors (Lipinski definition) is 7. The second-order valence-corrected chi connectivity index (χ2v) is 5.51. The van der Waals surface area contributed by atoms with E-state index in [1.54, 1.807) is 18.4 Å². The van der Waals surface area contributed by atoms with E-state index >= 15 is 0 Å². The van der Waals surface area contributed by atoms with Gasteiger partial charge in [-0.25, -0.2) is 9.78 Å². The molecule has 7 nitrogen and oxygen atoms in total. The van der Waals surface area contributed by atoms with Crippen molar-refractivity contribution in [2.75, 3.05) is 11.9 Å². The number of nitrogens with one attached hydrogen (secondary N) is 1. The summed E-state index contributed by atoms with van der Waals surface area (Å²) in [5.74, 6) is -1.18. The molecule has 0 saturated carbocycles. The minimum absolute atomic E-state index is 0.135. The van der Waals surface area contributed by atoms with Crippen LogP contribution in [0.2, 0.25) is 0 Å². The molecule has 0 aliphatic rings. The maximum absolute atomic E-state index is 11.6. The van der Waals surface area contributed by atoms with Gasteiger partial charge in [0.15, 0.2) is 10.9 Å². The molecule has 0 atom stereocenters. The van der Waals surface area contributed by atoms with Crippen LogP contribution in [0, 0.1) is 0 Å². The van der Waals surface area contributed by atoms with Crippen molar-refractivity contribution in [3.8, 4) is 22.7 Å². The normalized spacial score (nSPS) is 10.4. The van der Waals surface area contributed by atoms with Crippen LogP contribution in [0.25, 0.3) is 22.7 Å². The molecule has 3 aromatic rings. The van der Waals surface area contributed by atoms with Crippen molar-refractivity contribution >= 4 is 28.3 Å². The number of amides is 1. The third kappa shape index (κ3) is 3.49. The first kappa shape index (κ1) is 15.9. The third-order valence-corrected chi connectivity index (χ3v) is 3.77. The number of benzene rings is 1.